The van der Waals surface area contributed by atoms with E-state index in [-0.39, 0.29) is 12.3 Å². The minimum atomic E-state index is -0.0824. The molecule has 150 valence electrons. The molecule has 1 aromatic heterocycles. The van der Waals surface area contributed by atoms with Gasteiger partial charge in [0.05, 0.1) is 33.3 Å². The molecule has 0 radical (unpaired) electrons. The molecule has 3 rings (SSSR count). The molecule has 0 saturated carbocycles. The number of anilines is 1. The van der Waals surface area contributed by atoms with Gasteiger partial charge in [0.15, 0.2) is 0 Å². The second-order valence-electron chi connectivity index (χ2n) is 6.40. The van der Waals surface area contributed by atoms with Crippen LogP contribution in [0, 0.1) is 6.92 Å². The molecule has 0 aliphatic carbocycles. The number of benzene rings is 1. The van der Waals surface area contributed by atoms with Crippen molar-refractivity contribution in [3.05, 3.63) is 41.7 Å². The Bertz CT molecular complexity index is 794. The topological polar surface area (TPSA) is 85.8 Å². The molecule has 28 heavy (non-hydrogen) atoms. The van der Waals surface area contributed by atoms with E-state index in [9.17, 15) is 4.79 Å². The average Bonchev–Trinajstić information content (AvgIpc) is 2.72. The molecule has 1 aliphatic rings. The number of morpholine rings is 1. The van der Waals surface area contributed by atoms with Crippen LogP contribution in [0.1, 0.15) is 11.4 Å². The van der Waals surface area contributed by atoms with Crippen LogP contribution in [0.4, 0.5) is 5.82 Å². The van der Waals surface area contributed by atoms with E-state index in [1.807, 2.05) is 37.3 Å². The number of para-hydroxylation sites is 1. The second kappa shape index (κ2) is 9.89. The molecule has 0 atom stereocenters. The molecular formula is C20H26N4O4. The van der Waals surface area contributed by atoms with E-state index in [1.165, 1.54) is 0 Å². The molecular weight excluding hydrogens is 360 g/mol. The zero-order valence-electron chi connectivity index (χ0n) is 16.3. The Morgan fingerprint density at radius 1 is 1.25 bits per heavy atom. The molecule has 8 nitrogen and oxygen atoms in total. The highest BCUT2D eigenvalue weighted by atomic mass is 16.5. The van der Waals surface area contributed by atoms with Crippen LogP contribution in [0.25, 0.3) is 0 Å². The normalized spacial score (nSPS) is 13.9. The number of ether oxygens (including phenoxy) is 3. The predicted molar refractivity (Wildman–Crippen MR) is 105 cm³/mol. The monoisotopic (exact) mass is 386 g/mol. The highest BCUT2D eigenvalue weighted by Crippen LogP contribution is 2.19. The highest BCUT2D eigenvalue weighted by Gasteiger charge is 2.14. The van der Waals surface area contributed by atoms with Gasteiger partial charge in [-0.05, 0) is 13.0 Å². The number of methoxy groups -OCH3 is 1. The molecule has 1 aromatic carbocycles. The Labute approximate surface area is 164 Å². The Morgan fingerprint density at radius 3 is 2.82 bits per heavy atom. The summed E-state index contributed by atoms with van der Waals surface area (Å²) in [6.07, 6.45) is 0.262. The van der Waals surface area contributed by atoms with Crippen molar-refractivity contribution in [2.24, 2.45) is 0 Å². The van der Waals surface area contributed by atoms with Gasteiger partial charge in [-0.15, -0.1) is 0 Å². The lowest BCUT2D eigenvalue weighted by Crippen LogP contribution is -2.37. The van der Waals surface area contributed by atoms with Crippen molar-refractivity contribution in [2.75, 3.05) is 51.5 Å². The first-order chi connectivity index (χ1) is 13.7. The van der Waals surface area contributed by atoms with Gasteiger partial charge in [-0.1, -0.05) is 18.2 Å². The molecule has 1 aliphatic heterocycles. The van der Waals surface area contributed by atoms with Gasteiger partial charge in [-0.25, -0.2) is 4.98 Å². The summed E-state index contributed by atoms with van der Waals surface area (Å²) in [5.74, 6) is 2.63. The number of carbonyl (C=O) groups is 1. The van der Waals surface area contributed by atoms with Gasteiger partial charge in [-0.3, -0.25) is 4.79 Å². The third-order valence-electron chi connectivity index (χ3n) is 4.35. The van der Waals surface area contributed by atoms with Crippen molar-refractivity contribution in [1.82, 2.24) is 15.3 Å². The molecule has 0 bridgehead atoms. The first-order valence-corrected chi connectivity index (χ1v) is 9.35. The Morgan fingerprint density at radius 2 is 2.04 bits per heavy atom. The fourth-order valence-electron chi connectivity index (χ4n) is 2.98. The maximum Gasteiger partial charge on any atom is 0.224 e. The number of aromatic nitrogens is 2. The maximum absolute atomic E-state index is 12.1. The van der Waals surface area contributed by atoms with Gasteiger partial charge in [0.2, 0.25) is 11.8 Å². The number of carbonyl (C=O) groups excluding carboxylic acids is 1. The maximum atomic E-state index is 12.1. The summed E-state index contributed by atoms with van der Waals surface area (Å²) in [5, 5.41) is 2.86. The molecule has 0 spiro atoms. The summed E-state index contributed by atoms with van der Waals surface area (Å²) in [6.45, 7) is 5.55. The summed E-state index contributed by atoms with van der Waals surface area (Å²) in [7, 11) is 1.60. The number of rotatable bonds is 8. The van der Waals surface area contributed by atoms with Crippen molar-refractivity contribution in [2.45, 2.75) is 13.3 Å². The van der Waals surface area contributed by atoms with Crippen molar-refractivity contribution in [1.29, 1.82) is 0 Å². The van der Waals surface area contributed by atoms with Crippen LogP contribution in [0.15, 0.2) is 30.3 Å². The number of amides is 1. The summed E-state index contributed by atoms with van der Waals surface area (Å²) in [6, 6.07) is 9.32. The number of nitrogens with zero attached hydrogens (tertiary/aromatic N) is 3. The van der Waals surface area contributed by atoms with Crippen molar-refractivity contribution in [3.8, 4) is 11.6 Å². The average molecular weight is 386 g/mol. The van der Waals surface area contributed by atoms with Crippen molar-refractivity contribution in [3.63, 3.8) is 0 Å². The van der Waals surface area contributed by atoms with Gasteiger partial charge in [-0.2, -0.15) is 4.98 Å². The van der Waals surface area contributed by atoms with Gasteiger partial charge < -0.3 is 24.4 Å². The van der Waals surface area contributed by atoms with Crippen LogP contribution < -0.4 is 19.7 Å². The molecule has 8 heteroatoms. The third-order valence-corrected chi connectivity index (χ3v) is 4.35. The fourth-order valence-corrected chi connectivity index (χ4v) is 2.98. The molecule has 1 amide bonds. The third kappa shape index (κ3) is 5.56. The number of nitrogens with one attached hydrogen (secondary N) is 1. The summed E-state index contributed by atoms with van der Waals surface area (Å²) in [4.78, 5) is 23.1. The highest BCUT2D eigenvalue weighted by molar-refractivity contribution is 5.79. The lowest BCUT2D eigenvalue weighted by Gasteiger charge is -2.28. The van der Waals surface area contributed by atoms with Crippen LogP contribution >= 0.6 is 0 Å². The minimum Gasteiger partial charge on any atom is -0.496 e. The molecule has 1 saturated heterocycles. The largest absolute Gasteiger partial charge is 0.496 e. The van der Waals surface area contributed by atoms with Crippen molar-refractivity contribution < 1.29 is 19.0 Å². The van der Waals surface area contributed by atoms with Gasteiger partial charge in [0.1, 0.15) is 24.0 Å². The molecule has 2 heterocycles. The van der Waals surface area contributed by atoms with Crippen LogP contribution in [0.2, 0.25) is 0 Å². The predicted octanol–water partition coefficient (Wildman–Crippen LogP) is 1.37. The molecule has 0 unspecified atom stereocenters. The zero-order valence-corrected chi connectivity index (χ0v) is 16.3. The number of hydrogen-bond donors (Lipinski definition) is 1. The van der Waals surface area contributed by atoms with Crippen LogP contribution in [-0.4, -0.2) is 62.4 Å². The van der Waals surface area contributed by atoms with E-state index in [1.54, 1.807) is 7.11 Å². The first-order valence-electron chi connectivity index (χ1n) is 9.35. The summed E-state index contributed by atoms with van der Waals surface area (Å²) in [5.41, 5.74) is 0.852. The number of hydrogen-bond acceptors (Lipinski definition) is 7. The van der Waals surface area contributed by atoms with Gasteiger partial charge >= 0.3 is 0 Å². The van der Waals surface area contributed by atoms with E-state index in [4.69, 9.17) is 14.2 Å². The fraction of sp³-hybridized carbons (Fsp3) is 0.450. The SMILES string of the molecule is COc1ccccc1CC(=O)NCCOc1cc(N2CCOCC2)nc(C)n1. The smallest absolute Gasteiger partial charge is 0.224 e. The Hall–Kier alpha value is -2.87. The van der Waals surface area contributed by atoms with Crippen LogP contribution in [0.5, 0.6) is 11.6 Å². The van der Waals surface area contributed by atoms with Crippen LogP contribution in [0.3, 0.4) is 0 Å². The molecule has 1 N–H and O–H groups in total. The summed E-state index contributed by atoms with van der Waals surface area (Å²) < 4.78 is 16.4. The van der Waals surface area contributed by atoms with Crippen LogP contribution in [-0.2, 0) is 16.0 Å². The number of aryl methyl sites for hydroxylation is 1. The second-order valence-corrected chi connectivity index (χ2v) is 6.40. The Balaban J connectivity index is 1.47. The van der Waals surface area contributed by atoms with E-state index in [2.05, 4.69) is 20.2 Å². The van der Waals surface area contributed by atoms with E-state index in [0.29, 0.717) is 43.8 Å². The summed E-state index contributed by atoms with van der Waals surface area (Å²) >= 11 is 0. The molecule has 1 fully saturated rings. The lowest BCUT2D eigenvalue weighted by molar-refractivity contribution is -0.120. The minimum absolute atomic E-state index is 0.0824. The zero-order chi connectivity index (χ0) is 19.8. The van der Waals surface area contributed by atoms with E-state index >= 15 is 0 Å². The lowest BCUT2D eigenvalue weighted by atomic mass is 10.1. The molecule has 2 aromatic rings. The quantitative estimate of drug-likeness (QED) is 0.686. The first kappa shape index (κ1) is 19.9. The Kier molecular flexibility index (Phi) is 7.02. The van der Waals surface area contributed by atoms with E-state index in [0.717, 1.165) is 24.5 Å². The van der Waals surface area contributed by atoms with E-state index < -0.39 is 0 Å². The standard InChI is InChI=1S/C20H26N4O4/c1-15-22-18(24-8-11-27-12-9-24)14-20(23-15)28-10-7-21-19(25)13-16-5-3-4-6-17(16)26-2/h3-6,14H,7-13H2,1-2H3,(H,21,25). The van der Waals surface area contributed by atoms with Gasteiger partial charge in [0, 0.05) is 24.7 Å². The van der Waals surface area contributed by atoms with Gasteiger partial charge in [0.25, 0.3) is 0 Å². The van der Waals surface area contributed by atoms with Crippen molar-refractivity contribution >= 4 is 11.7 Å².